The van der Waals surface area contributed by atoms with Crippen LogP contribution in [0.1, 0.15) is 25.7 Å². The highest BCUT2D eigenvalue weighted by Gasteiger charge is 2.23. The molecule has 1 saturated carbocycles. The van der Waals surface area contributed by atoms with Gasteiger partial charge in [0.1, 0.15) is 5.75 Å². The number of carbonyl (C=O) groups excluding carboxylic acids is 1. The molecule has 1 aliphatic rings. The zero-order chi connectivity index (χ0) is 13.7. The first kappa shape index (κ1) is 13.7. The van der Waals surface area contributed by atoms with Crippen LogP contribution in [-0.4, -0.2) is 25.2 Å². The van der Waals surface area contributed by atoms with Gasteiger partial charge in [-0.1, -0.05) is 18.9 Å². The third-order valence-corrected chi connectivity index (χ3v) is 3.46. The van der Waals surface area contributed by atoms with E-state index >= 15 is 0 Å². The summed E-state index contributed by atoms with van der Waals surface area (Å²) in [6.07, 6.45) is 4.20. The number of urea groups is 1. The van der Waals surface area contributed by atoms with E-state index in [1.807, 2.05) is 18.2 Å². The number of nitrogens with two attached hydrogens (primary N) is 1. The van der Waals surface area contributed by atoms with E-state index in [0.717, 1.165) is 25.7 Å². The molecule has 1 aromatic rings. The van der Waals surface area contributed by atoms with E-state index in [4.69, 9.17) is 10.5 Å². The Morgan fingerprint density at radius 3 is 2.89 bits per heavy atom. The summed E-state index contributed by atoms with van der Waals surface area (Å²) in [5, 5.41) is 5.74. The van der Waals surface area contributed by atoms with Gasteiger partial charge >= 0.3 is 6.03 Å². The van der Waals surface area contributed by atoms with Gasteiger partial charge in [0.15, 0.2) is 0 Å². The largest absolute Gasteiger partial charge is 0.497 e. The van der Waals surface area contributed by atoms with E-state index in [0.29, 0.717) is 11.4 Å². The summed E-state index contributed by atoms with van der Waals surface area (Å²) in [6.45, 7) is 0. The quantitative estimate of drug-likeness (QED) is 0.781. The number of anilines is 1. The van der Waals surface area contributed by atoms with Crippen LogP contribution in [0.3, 0.4) is 0 Å². The number of hydrogen-bond donors (Lipinski definition) is 3. The van der Waals surface area contributed by atoms with Gasteiger partial charge < -0.3 is 21.1 Å². The van der Waals surface area contributed by atoms with Gasteiger partial charge in [0, 0.05) is 23.8 Å². The molecule has 4 N–H and O–H groups in total. The summed E-state index contributed by atoms with van der Waals surface area (Å²) in [5.41, 5.74) is 6.71. The Bertz CT molecular complexity index is 436. The molecule has 19 heavy (non-hydrogen) atoms. The van der Waals surface area contributed by atoms with Crippen molar-refractivity contribution in [2.45, 2.75) is 37.8 Å². The summed E-state index contributed by atoms with van der Waals surface area (Å²) in [6, 6.07) is 7.18. The van der Waals surface area contributed by atoms with Gasteiger partial charge in [-0.2, -0.15) is 0 Å². The molecule has 0 saturated heterocycles. The summed E-state index contributed by atoms with van der Waals surface area (Å²) >= 11 is 0. The van der Waals surface area contributed by atoms with Crippen LogP contribution in [0.4, 0.5) is 10.5 Å². The Hall–Kier alpha value is -1.75. The highest BCUT2D eigenvalue weighted by atomic mass is 16.5. The third-order valence-electron chi connectivity index (χ3n) is 3.46. The van der Waals surface area contributed by atoms with E-state index in [1.54, 1.807) is 13.2 Å². The molecule has 5 heteroatoms. The number of carbonyl (C=O) groups is 1. The molecule has 1 aromatic carbocycles. The fraction of sp³-hybridized carbons (Fsp3) is 0.500. The molecule has 2 atom stereocenters. The lowest BCUT2D eigenvalue weighted by atomic mass is 9.91. The Morgan fingerprint density at radius 2 is 2.16 bits per heavy atom. The fourth-order valence-electron chi connectivity index (χ4n) is 2.38. The van der Waals surface area contributed by atoms with E-state index < -0.39 is 0 Å². The van der Waals surface area contributed by atoms with Gasteiger partial charge in [-0.25, -0.2) is 4.79 Å². The summed E-state index contributed by atoms with van der Waals surface area (Å²) < 4.78 is 5.11. The topological polar surface area (TPSA) is 76.4 Å². The number of rotatable bonds is 3. The highest BCUT2D eigenvalue weighted by molar-refractivity contribution is 5.89. The normalized spacial score (nSPS) is 22.6. The molecule has 1 aliphatic carbocycles. The number of methoxy groups -OCH3 is 1. The molecule has 104 valence electrons. The van der Waals surface area contributed by atoms with Gasteiger partial charge in [0.05, 0.1) is 7.11 Å². The van der Waals surface area contributed by atoms with Gasteiger partial charge in [-0.3, -0.25) is 0 Å². The predicted octanol–water partition coefficient (Wildman–Crippen LogP) is 2.09. The smallest absolute Gasteiger partial charge is 0.319 e. The van der Waals surface area contributed by atoms with Crippen molar-refractivity contribution in [1.29, 1.82) is 0 Å². The minimum atomic E-state index is -0.212. The molecule has 2 unspecified atom stereocenters. The van der Waals surface area contributed by atoms with Gasteiger partial charge in [0.2, 0.25) is 0 Å². The molecule has 2 rings (SSSR count). The van der Waals surface area contributed by atoms with Crippen LogP contribution in [0.25, 0.3) is 0 Å². The predicted molar refractivity (Wildman–Crippen MR) is 75.4 cm³/mol. The molecule has 0 heterocycles. The van der Waals surface area contributed by atoms with Crippen molar-refractivity contribution in [3.8, 4) is 5.75 Å². The number of ether oxygens (including phenoxy) is 1. The first-order valence-electron chi connectivity index (χ1n) is 6.66. The zero-order valence-electron chi connectivity index (χ0n) is 11.2. The van der Waals surface area contributed by atoms with Crippen molar-refractivity contribution in [3.05, 3.63) is 24.3 Å². The van der Waals surface area contributed by atoms with Crippen LogP contribution < -0.4 is 21.1 Å². The minimum Gasteiger partial charge on any atom is -0.497 e. The van der Waals surface area contributed by atoms with Crippen LogP contribution in [0, 0.1) is 0 Å². The lowest BCUT2D eigenvalue weighted by Crippen LogP contribution is -2.50. The van der Waals surface area contributed by atoms with Crippen molar-refractivity contribution in [2.24, 2.45) is 5.73 Å². The van der Waals surface area contributed by atoms with E-state index in [2.05, 4.69) is 10.6 Å². The van der Waals surface area contributed by atoms with Gasteiger partial charge in [-0.15, -0.1) is 0 Å². The first-order valence-corrected chi connectivity index (χ1v) is 6.66. The van der Waals surface area contributed by atoms with Crippen LogP contribution in [0.2, 0.25) is 0 Å². The summed E-state index contributed by atoms with van der Waals surface area (Å²) in [4.78, 5) is 11.9. The fourth-order valence-corrected chi connectivity index (χ4v) is 2.38. The van der Waals surface area contributed by atoms with Crippen LogP contribution >= 0.6 is 0 Å². The molecule has 0 aliphatic heterocycles. The van der Waals surface area contributed by atoms with Gasteiger partial charge in [0.25, 0.3) is 0 Å². The van der Waals surface area contributed by atoms with Gasteiger partial charge in [-0.05, 0) is 25.0 Å². The first-order chi connectivity index (χ1) is 9.19. The van der Waals surface area contributed by atoms with Crippen LogP contribution in [0.5, 0.6) is 5.75 Å². The molecular formula is C14H21N3O2. The minimum absolute atomic E-state index is 0.0600. The molecule has 2 amide bonds. The van der Waals surface area contributed by atoms with Crippen molar-refractivity contribution < 1.29 is 9.53 Å². The lowest BCUT2D eigenvalue weighted by molar-refractivity contribution is 0.240. The Morgan fingerprint density at radius 1 is 1.37 bits per heavy atom. The summed E-state index contributed by atoms with van der Waals surface area (Å²) in [5.74, 6) is 0.715. The second-order valence-electron chi connectivity index (χ2n) is 4.89. The maximum Gasteiger partial charge on any atom is 0.319 e. The van der Waals surface area contributed by atoms with Crippen LogP contribution in [0.15, 0.2) is 24.3 Å². The van der Waals surface area contributed by atoms with Crippen molar-refractivity contribution in [3.63, 3.8) is 0 Å². The Kier molecular flexibility index (Phi) is 4.63. The SMILES string of the molecule is COc1cccc(NC(=O)NC2CCCCC2N)c1. The average Bonchev–Trinajstić information content (AvgIpc) is 2.41. The van der Waals surface area contributed by atoms with Crippen molar-refractivity contribution in [1.82, 2.24) is 5.32 Å². The monoisotopic (exact) mass is 263 g/mol. The highest BCUT2D eigenvalue weighted by Crippen LogP contribution is 2.18. The number of benzene rings is 1. The van der Waals surface area contributed by atoms with E-state index in [9.17, 15) is 4.79 Å². The molecule has 1 fully saturated rings. The summed E-state index contributed by atoms with van der Waals surface area (Å²) in [7, 11) is 1.60. The van der Waals surface area contributed by atoms with Crippen LogP contribution in [-0.2, 0) is 0 Å². The average molecular weight is 263 g/mol. The van der Waals surface area contributed by atoms with Crippen molar-refractivity contribution >= 4 is 11.7 Å². The Balaban J connectivity index is 1.89. The molecule has 0 aromatic heterocycles. The zero-order valence-corrected chi connectivity index (χ0v) is 11.2. The molecule has 0 bridgehead atoms. The second-order valence-corrected chi connectivity index (χ2v) is 4.89. The third kappa shape index (κ3) is 3.86. The maximum absolute atomic E-state index is 11.9. The van der Waals surface area contributed by atoms with Crippen molar-refractivity contribution in [2.75, 3.05) is 12.4 Å². The molecular weight excluding hydrogens is 242 g/mol. The number of amides is 2. The molecule has 0 radical (unpaired) electrons. The molecule has 0 spiro atoms. The van der Waals surface area contributed by atoms with E-state index in [-0.39, 0.29) is 18.1 Å². The van der Waals surface area contributed by atoms with E-state index in [1.165, 1.54) is 0 Å². The molecule has 5 nitrogen and oxygen atoms in total. The standard InChI is InChI=1S/C14H21N3O2/c1-19-11-6-4-5-10(9-11)16-14(18)17-13-8-3-2-7-12(13)15/h4-6,9,12-13H,2-3,7-8,15H2,1H3,(H2,16,17,18). The number of nitrogens with one attached hydrogen (secondary N) is 2. The maximum atomic E-state index is 11.9. The second kappa shape index (κ2) is 6.43. The Labute approximate surface area is 113 Å². The lowest BCUT2D eigenvalue weighted by Gasteiger charge is -2.29. The number of hydrogen-bond acceptors (Lipinski definition) is 3.